The number of nitrogens with zero attached hydrogens (tertiary/aromatic N) is 1. The van der Waals surface area contributed by atoms with Crippen molar-refractivity contribution >= 4 is 5.69 Å². The third-order valence-electron chi connectivity index (χ3n) is 2.93. The van der Waals surface area contributed by atoms with Gasteiger partial charge >= 0.3 is 0 Å². The molecular weight excluding hydrogens is 256 g/mol. The van der Waals surface area contributed by atoms with E-state index in [4.69, 9.17) is 10.5 Å². The number of nitrogens with two attached hydrogens (primary N) is 1. The fraction of sp³-hybridized carbons (Fsp3) is 0.200. The molecule has 2 rings (SSSR count). The molecule has 0 fully saturated rings. The summed E-state index contributed by atoms with van der Waals surface area (Å²) in [5.41, 5.74) is 6.70. The van der Waals surface area contributed by atoms with Gasteiger partial charge in [0.15, 0.2) is 0 Å². The Morgan fingerprint density at radius 3 is 2.30 bits per heavy atom. The Labute approximate surface area is 117 Å². The molecule has 0 aliphatic heterocycles. The maximum atomic E-state index is 10.6. The minimum absolute atomic E-state index is 0.0486. The Morgan fingerprint density at radius 1 is 1.10 bits per heavy atom. The highest BCUT2D eigenvalue weighted by atomic mass is 16.6. The van der Waals surface area contributed by atoms with Crippen LogP contribution in [0.3, 0.4) is 0 Å². The summed E-state index contributed by atoms with van der Waals surface area (Å²) in [7, 11) is 0. The van der Waals surface area contributed by atoms with E-state index in [-0.39, 0.29) is 11.8 Å². The van der Waals surface area contributed by atoms with Gasteiger partial charge in [-0.2, -0.15) is 0 Å². The molecule has 0 radical (unpaired) electrons. The van der Waals surface area contributed by atoms with E-state index in [1.54, 1.807) is 12.1 Å². The molecule has 0 saturated carbocycles. The van der Waals surface area contributed by atoms with Crippen LogP contribution in [0.5, 0.6) is 5.75 Å². The van der Waals surface area contributed by atoms with Gasteiger partial charge in [0, 0.05) is 18.6 Å². The number of non-ortho nitro benzene ring substituents is 1. The zero-order chi connectivity index (χ0) is 14.4. The second kappa shape index (κ2) is 6.68. The molecule has 5 nitrogen and oxygen atoms in total. The van der Waals surface area contributed by atoms with Crippen LogP contribution >= 0.6 is 0 Å². The summed E-state index contributed by atoms with van der Waals surface area (Å²) >= 11 is 0. The molecule has 0 unspecified atom stereocenters. The lowest BCUT2D eigenvalue weighted by Gasteiger charge is -2.18. The van der Waals surface area contributed by atoms with Crippen LogP contribution in [0.1, 0.15) is 18.1 Å². The van der Waals surface area contributed by atoms with E-state index in [0.717, 1.165) is 5.56 Å². The summed E-state index contributed by atoms with van der Waals surface area (Å²) in [5, 5.41) is 10.6. The van der Waals surface area contributed by atoms with E-state index in [1.807, 2.05) is 30.3 Å². The van der Waals surface area contributed by atoms with E-state index >= 15 is 0 Å². The first-order chi connectivity index (χ1) is 9.70. The maximum absolute atomic E-state index is 10.6. The first-order valence-corrected chi connectivity index (χ1v) is 6.37. The lowest BCUT2D eigenvalue weighted by molar-refractivity contribution is -0.384. The predicted molar refractivity (Wildman–Crippen MR) is 76.6 cm³/mol. The van der Waals surface area contributed by atoms with Gasteiger partial charge in [0.25, 0.3) is 5.69 Å². The second-order valence-corrected chi connectivity index (χ2v) is 4.35. The van der Waals surface area contributed by atoms with Crippen LogP contribution in [-0.2, 0) is 0 Å². The van der Waals surface area contributed by atoms with E-state index in [2.05, 4.69) is 0 Å². The molecular formula is C15H16N2O3. The quantitative estimate of drug-likeness (QED) is 0.647. The van der Waals surface area contributed by atoms with Crippen molar-refractivity contribution < 1.29 is 9.66 Å². The zero-order valence-corrected chi connectivity index (χ0v) is 10.9. The Morgan fingerprint density at radius 2 is 1.75 bits per heavy atom. The second-order valence-electron chi connectivity index (χ2n) is 4.35. The molecule has 0 amide bonds. The molecule has 5 heteroatoms. The highest BCUT2D eigenvalue weighted by molar-refractivity contribution is 5.36. The topological polar surface area (TPSA) is 78.4 Å². The highest BCUT2D eigenvalue weighted by Gasteiger charge is 2.13. The van der Waals surface area contributed by atoms with Gasteiger partial charge in [-0.3, -0.25) is 10.1 Å². The molecule has 0 bridgehead atoms. The van der Waals surface area contributed by atoms with Gasteiger partial charge in [-0.25, -0.2) is 0 Å². The standard InChI is InChI=1S/C15H16N2O3/c16-11-10-15(12-4-2-1-3-5-12)20-14-8-6-13(7-9-14)17(18)19/h1-9,15H,10-11,16H2/t15-/m0/s1. The van der Waals surface area contributed by atoms with E-state index in [1.165, 1.54) is 12.1 Å². The molecule has 2 aromatic rings. The Kier molecular flexibility index (Phi) is 4.68. The third kappa shape index (κ3) is 3.55. The lowest BCUT2D eigenvalue weighted by Crippen LogP contribution is -2.13. The molecule has 0 saturated heterocycles. The normalized spacial score (nSPS) is 11.8. The van der Waals surface area contributed by atoms with Crippen molar-refractivity contribution in [2.75, 3.05) is 6.54 Å². The van der Waals surface area contributed by atoms with Crippen molar-refractivity contribution in [2.45, 2.75) is 12.5 Å². The predicted octanol–water partition coefficient (Wildman–Crippen LogP) is 3.06. The lowest BCUT2D eigenvalue weighted by atomic mass is 10.1. The fourth-order valence-electron chi connectivity index (χ4n) is 1.92. The number of nitro benzene ring substituents is 1. The highest BCUT2D eigenvalue weighted by Crippen LogP contribution is 2.25. The van der Waals surface area contributed by atoms with Crippen LogP contribution in [0.4, 0.5) is 5.69 Å². The zero-order valence-electron chi connectivity index (χ0n) is 10.9. The fourth-order valence-corrected chi connectivity index (χ4v) is 1.92. The summed E-state index contributed by atoms with van der Waals surface area (Å²) in [4.78, 5) is 10.2. The van der Waals surface area contributed by atoms with Gasteiger partial charge in [-0.15, -0.1) is 0 Å². The average molecular weight is 272 g/mol. The number of hydrogen-bond acceptors (Lipinski definition) is 4. The summed E-state index contributed by atoms with van der Waals surface area (Å²) in [6.07, 6.45) is 0.531. The molecule has 0 spiro atoms. The van der Waals surface area contributed by atoms with Crippen molar-refractivity contribution in [3.63, 3.8) is 0 Å². The first-order valence-electron chi connectivity index (χ1n) is 6.37. The summed E-state index contributed by atoms with van der Waals surface area (Å²) in [6.45, 7) is 0.506. The van der Waals surface area contributed by atoms with Gasteiger partial charge in [0.1, 0.15) is 11.9 Å². The Balaban J connectivity index is 2.14. The molecule has 0 heterocycles. The number of hydrogen-bond donors (Lipinski definition) is 1. The van der Waals surface area contributed by atoms with Crippen molar-refractivity contribution in [1.82, 2.24) is 0 Å². The maximum Gasteiger partial charge on any atom is 0.269 e. The summed E-state index contributed by atoms with van der Waals surface area (Å²) < 4.78 is 5.87. The minimum atomic E-state index is -0.432. The van der Waals surface area contributed by atoms with Crippen molar-refractivity contribution in [1.29, 1.82) is 0 Å². The van der Waals surface area contributed by atoms with E-state index in [9.17, 15) is 10.1 Å². The van der Waals surface area contributed by atoms with Crippen LogP contribution in [-0.4, -0.2) is 11.5 Å². The van der Waals surface area contributed by atoms with Crippen LogP contribution in [0.15, 0.2) is 54.6 Å². The van der Waals surface area contributed by atoms with Crippen molar-refractivity contribution in [3.05, 3.63) is 70.3 Å². The molecule has 0 aliphatic carbocycles. The number of benzene rings is 2. The molecule has 0 aliphatic rings. The summed E-state index contributed by atoms with van der Waals surface area (Å²) in [5.74, 6) is 0.595. The van der Waals surface area contributed by atoms with Crippen molar-refractivity contribution in [2.24, 2.45) is 5.73 Å². The van der Waals surface area contributed by atoms with E-state index < -0.39 is 4.92 Å². The third-order valence-corrected chi connectivity index (χ3v) is 2.93. The van der Waals surface area contributed by atoms with Crippen LogP contribution in [0.25, 0.3) is 0 Å². The number of rotatable bonds is 6. The Bertz CT molecular complexity index is 555. The molecule has 104 valence electrons. The van der Waals surface area contributed by atoms with Gasteiger partial charge in [0.05, 0.1) is 4.92 Å². The van der Waals surface area contributed by atoms with Crippen molar-refractivity contribution in [3.8, 4) is 5.75 Å². The SMILES string of the molecule is NCC[C@H](Oc1ccc([N+](=O)[O-])cc1)c1ccccc1. The van der Waals surface area contributed by atoms with Crippen LogP contribution < -0.4 is 10.5 Å². The average Bonchev–Trinajstić information content (AvgIpc) is 2.48. The molecule has 20 heavy (non-hydrogen) atoms. The number of nitro groups is 1. The smallest absolute Gasteiger partial charge is 0.269 e. The summed E-state index contributed by atoms with van der Waals surface area (Å²) in [6, 6.07) is 15.8. The monoisotopic (exact) mass is 272 g/mol. The van der Waals surface area contributed by atoms with Gasteiger partial charge < -0.3 is 10.5 Å². The van der Waals surface area contributed by atoms with Gasteiger partial charge in [-0.05, 0) is 24.2 Å². The molecule has 2 N–H and O–H groups in total. The Hall–Kier alpha value is -2.40. The van der Waals surface area contributed by atoms with Gasteiger partial charge in [0.2, 0.25) is 0 Å². The molecule has 1 atom stereocenters. The first kappa shape index (κ1) is 14.0. The largest absolute Gasteiger partial charge is 0.486 e. The van der Waals surface area contributed by atoms with Crippen LogP contribution in [0, 0.1) is 10.1 Å². The van der Waals surface area contributed by atoms with Crippen LogP contribution in [0.2, 0.25) is 0 Å². The van der Waals surface area contributed by atoms with E-state index in [0.29, 0.717) is 18.7 Å². The molecule has 2 aromatic carbocycles. The number of ether oxygens (including phenoxy) is 1. The molecule has 0 aromatic heterocycles. The van der Waals surface area contributed by atoms with Gasteiger partial charge in [-0.1, -0.05) is 30.3 Å². The minimum Gasteiger partial charge on any atom is -0.486 e.